The van der Waals surface area contributed by atoms with Crippen molar-refractivity contribution >= 4 is 46.3 Å². The van der Waals surface area contributed by atoms with Crippen LogP contribution in [-0.2, 0) is 36.8 Å². The van der Waals surface area contributed by atoms with Gasteiger partial charge in [0.1, 0.15) is 29.9 Å². The quantitative estimate of drug-likeness (QED) is 0.147. The molecule has 6 amide bonds. The molecule has 0 bridgehead atoms. The summed E-state index contributed by atoms with van der Waals surface area (Å²) in [6, 6.07) is 17.3. The molecule has 1 aromatic heterocycles. The number of aromatic nitrogens is 1. The highest BCUT2D eigenvalue weighted by molar-refractivity contribution is 5.99. The highest BCUT2D eigenvalue weighted by Gasteiger charge is 2.34. The highest BCUT2D eigenvalue weighted by atomic mass is 16.5. The van der Waals surface area contributed by atoms with Crippen LogP contribution in [0.25, 0.3) is 10.9 Å². The number of hydrogen-bond donors (Lipinski definition) is 6. The summed E-state index contributed by atoms with van der Waals surface area (Å²) in [6.45, 7) is 8.38. The molecule has 0 radical (unpaired) electrons. The standard InChI is InChI=1S/C45H54N8O7/c1-26(2)19-36-43(57)51-37(20-29-13-17-33(60-6)18-14-29)42(56)48-28(5)41(55)52-39(27(3)4)24-53(45(59)31-15-11-30(22-46)12-16-31)25-40(54)49-38(44(58)50-36)21-32-23-47-35-10-8-7-9-34(32)35/h7-18,23,26-28,36-39,47H,19-21,24-25H2,1-6H3,(H,48,56)(H,49,54)(H,50,58)(H,51,57)(H,52,55)/t28-,36+,37+,38-,39-/m1/s1. The third-order valence-electron chi connectivity index (χ3n) is 10.5. The Morgan fingerprint density at radius 1 is 0.783 bits per heavy atom. The Hall–Kier alpha value is -6.69. The van der Waals surface area contributed by atoms with Gasteiger partial charge in [-0.05, 0) is 78.8 Å². The summed E-state index contributed by atoms with van der Waals surface area (Å²) in [7, 11) is 1.54. The lowest BCUT2D eigenvalue weighted by Crippen LogP contribution is -2.60. The van der Waals surface area contributed by atoms with E-state index in [1.807, 2.05) is 58.0 Å². The fourth-order valence-corrected chi connectivity index (χ4v) is 7.03. The van der Waals surface area contributed by atoms with Gasteiger partial charge < -0.3 is 41.2 Å². The molecule has 1 saturated heterocycles. The Morgan fingerprint density at radius 3 is 2.07 bits per heavy atom. The van der Waals surface area contributed by atoms with E-state index in [1.54, 1.807) is 30.5 Å². The van der Waals surface area contributed by atoms with E-state index in [-0.39, 0.29) is 43.2 Å². The number of aromatic amines is 1. The number of fused-ring (bicyclic) bond motifs is 1. The second-order valence-corrected chi connectivity index (χ2v) is 16.0. The third kappa shape index (κ3) is 11.7. The molecule has 2 heterocycles. The molecule has 0 saturated carbocycles. The minimum absolute atomic E-state index is 0.0340. The van der Waals surface area contributed by atoms with Crippen molar-refractivity contribution in [3.05, 3.63) is 101 Å². The maximum absolute atomic E-state index is 14.4. The van der Waals surface area contributed by atoms with E-state index >= 15 is 0 Å². The van der Waals surface area contributed by atoms with E-state index in [2.05, 4.69) is 31.6 Å². The summed E-state index contributed by atoms with van der Waals surface area (Å²) in [4.78, 5) is 89.1. The molecule has 5 rings (SSSR count). The average molecular weight is 819 g/mol. The van der Waals surface area contributed by atoms with Crippen LogP contribution < -0.4 is 31.3 Å². The van der Waals surface area contributed by atoms with Crippen LogP contribution in [0, 0.1) is 23.2 Å². The number of H-pyrrole nitrogens is 1. The Bertz CT molecular complexity index is 2210. The number of nitrogens with one attached hydrogen (secondary N) is 6. The van der Waals surface area contributed by atoms with Gasteiger partial charge >= 0.3 is 0 Å². The molecule has 0 spiro atoms. The predicted molar refractivity (Wildman–Crippen MR) is 225 cm³/mol. The molecular weight excluding hydrogens is 765 g/mol. The first-order valence-electron chi connectivity index (χ1n) is 20.1. The van der Waals surface area contributed by atoms with Crippen molar-refractivity contribution < 1.29 is 33.5 Å². The van der Waals surface area contributed by atoms with Crippen molar-refractivity contribution in [1.82, 2.24) is 36.5 Å². The Labute approximate surface area is 350 Å². The maximum Gasteiger partial charge on any atom is 0.254 e. The van der Waals surface area contributed by atoms with Crippen LogP contribution in [-0.4, -0.2) is 95.7 Å². The minimum atomic E-state index is -1.20. The van der Waals surface area contributed by atoms with Crippen molar-refractivity contribution in [1.29, 1.82) is 5.26 Å². The Morgan fingerprint density at radius 2 is 1.42 bits per heavy atom. The van der Waals surface area contributed by atoms with Crippen LogP contribution in [0.4, 0.5) is 0 Å². The van der Waals surface area contributed by atoms with Gasteiger partial charge in [0.15, 0.2) is 0 Å². The van der Waals surface area contributed by atoms with E-state index in [0.717, 1.165) is 16.5 Å². The maximum atomic E-state index is 14.4. The minimum Gasteiger partial charge on any atom is -0.497 e. The number of benzene rings is 3. The van der Waals surface area contributed by atoms with Gasteiger partial charge in [0.25, 0.3) is 5.91 Å². The number of carbonyl (C=O) groups is 6. The van der Waals surface area contributed by atoms with Gasteiger partial charge in [-0.3, -0.25) is 28.8 Å². The van der Waals surface area contributed by atoms with Crippen molar-refractivity contribution in [2.45, 2.75) is 84.1 Å². The molecule has 1 fully saturated rings. The van der Waals surface area contributed by atoms with Gasteiger partial charge in [-0.25, -0.2) is 0 Å². The molecule has 0 aliphatic carbocycles. The SMILES string of the molecule is COc1ccc(C[C@@H]2NC(=O)[C@H](CC(C)C)NC(=O)[C@@H](Cc3c[nH]c4ccccc34)NC(=O)CN(C(=O)c3ccc(C#N)cc3)C[C@H](C(C)C)NC(=O)[C@@H](C)NC2=O)cc1. The Kier molecular flexibility index (Phi) is 15.0. The highest BCUT2D eigenvalue weighted by Crippen LogP contribution is 2.20. The van der Waals surface area contributed by atoms with Gasteiger partial charge in [-0.15, -0.1) is 0 Å². The lowest BCUT2D eigenvalue weighted by Gasteiger charge is -2.32. The summed E-state index contributed by atoms with van der Waals surface area (Å²) < 4.78 is 5.29. The van der Waals surface area contributed by atoms with Crippen molar-refractivity contribution in [2.75, 3.05) is 20.2 Å². The summed E-state index contributed by atoms with van der Waals surface area (Å²) in [6.07, 6.45) is 2.04. The number of hydrogen-bond acceptors (Lipinski definition) is 8. The van der Waals surface area contributed by atoms with Gasteiger partial charge in [-0.1, -0.05) is 58.0 Å². The molecule has 1 aliphatic heterocycles. The molecule has 1 aliphatic rings. The summed E-state index contributed by atoms with van der Waals surface area (Å²) in [5, 5.41) is 24.4. The van der Waals surface area contributed by atoms with Crippen LogP contribution in [0.3, 0.4) is 0 Å². The van der Waals surface area contributed by atoms with Crippen molar-refractivity contribution in [2.24, 2.45) is 11.8 Å². The second kappa shape index (κ2) is 20.3. The molecule has 316 valence electrons. The zero-order valence-electron chi connectivity index (χ0n) is 34.8. The third-order valence-corrected chi connectivity index (χ3v) is 10.5. The van der Waals surface area contributed by atoms with Gasteiger partial charge in [-0.2, -0.15) is 5.26 Å². The summed E-state index contributed by atoms with van der Waals surface area (Å²) in [5.41, 5.74) is 2.81. The fraction of sp³-hybridized carbons (Fsp3) is 0.400. The summed E-state index contributed by atoms with van der Waals surface area (Å²) >= 11 is 0. The lowest BCUT2D eigenvalue weighted by molar-refractivity contribution is -0.135. The van der Waals surface area contributed by atoms with Crippen LogP contribution in [0.2, 0.25) is 0 Å². The normalized spacial score (nSPS) is 21.2. The molecule has 0 unspecified atom stereocenters. The number of nitriles is 1. The first-order valence-corrected chi connectivity index (χ1v) is 20.1. The molecule has 4 aromatic rings. The molecule has 15 heteroatoms. The van der Waals surface area contributed by atoms with E-state index in [1.165, 1.54) is 43.2 Å². The van der Waals surface area contributed by atoms with Crippen LogP contribution in [0.15, 0.2) is 79.0 Å². The van der Waals surface area contributed by atoms with Crippen LogP contribution >= 0.6 is 0 Å². The first-order chi connectivity index (χ1) is 28.6. The second-order valence-electron chi connectivity index (χ2n) is 16.0. The van der Waals surface area contributed by atoms with Crippen molar-refractivity contribution in [3.8, 4) is 11.8 Å². The topological polar surface area (TPSA) is 215 Å². The number of rotatable bonds is 9. The monoisotopic (exact) mass is 818 g/mol. The number of para-hydroxylation sites is 1. The number of ether oxygens (including phenoxy) is 1. The molecule has 5 atom stereocenters. The first kappa shape index (κ1) is 44.4. The van der Waals surface area contributed by atoms with Crippen molar-refractivity contribution in [3.63, 3.8) is 0 Å². The largest absolute Gasteiger partial charge is 0.497 e. The van der Waals surface area contributed by atoms with Gasteiger partial charge in [0.05, 0.1) is 25.3 Å². The molecular formula is C45H54N8O7. The van der Waals surface area contributed by atoms with E-state index < -0.39 is 72.2 Å². The Balaban J connectivity index is 1.55. The molecule has 15 nitrogen and oxygen atoms in total. The van der Waals surface area contributed by atoms with Crippen LogP contribution in [0.5, 0.6) is 5.75 Å². The molecule has 6 N–H and O–H groups in total. The summed E-state index contributed by atoms with van der Waals surface area (Å²) in [5.74, 6) is -3.35. The predicted octanol–water partition coefficient (Wildman–Crippen LogP) is 3.14. The van der Waals surface area contributed by atoms with E-state index in [0.29, 0.717) is 16.9 Å². The number of carbonyl (C=O) groups excluding carboxylic acids is 6. The zero-order valence-corrected chi connectivity index (χ0v) is 34.8. The number of methoxy groups -OCH3 is 1. The fourth-order valence-electron chi connectivity index (χ4n) is 7.03. The average Bonchev–Trinajstić information content (AvgIpc) is 3.64. The smallest absolute Gasteiger partial charge is 0.254 e. The van der Waals surface area contributed by atoms with Gasteiger partial charge in [0.2, 0.25) is 29.5 Å². The van der Waals surface area contributed by atoms with E-state index in [4.69, 9.17) is 4.74 Å². The number of amides is 6. The van der Waals surface area contributed by atoms with Crippen LogP contribution in [0.1, 0.15) is 68.1 Å². The molecule has 3 aromatic carbocycles. The van der Waals surface area contributed by atoms with E-state index in [9.17, 15) is 34.0 Å². The van der Waals surface area contributed by atoms with Gasteiger partial charge in [0, 0.05) is 48.1 Å². The number of nitrogens with zero attached hydrogens (tertiary/aromatic N) is 2. The lowest BCUT2D eigenvalue weighted by atomic mass is 9.99. The molecule has 60 heavy (non-hydrogen) atoms. The zero-order chi connectivity index (χ0) is 43.5.